The first-order valence-electron chi connectivity index (χ1n) is 5.81. The Labute approximate surface area is 94.3 Å². The number of nitrogens with one attached hydrogen (secondary N) is 1. The van der Waals surface area contributed by atoms with E-state index >= 15 is 0 Å². The first-order valence-corrected chi connectivity index (χ1v) is 5.81. The van der Waals surface area contributed by atoms with E-state index in [0.29, 0.717) is 12.3 Å². The second-order valence-electron chi connectivity index (χ2n) is 4.63. The minimum absolute atomic E-state index is 0.0252. The quantitative estimate of drug-likeness (QED) is 0.785. The Morgan fingerprint density at radius 2 is 2.19 bits per heavy atom. The van der Waals surface area contributed by atoms with E-state index in [9.17, 15) is 4.79 Å². The van der Waals surface area contributed by atoms with Crippen molar-refractivity contribution in [2.75, 3.05) is 5.32 Å². The maximum absolute atomic E-state index is 11.5. The fourth-order valence-corrected chi connectivity index (χ4v) is 2.70. The van der Waals surface area contributed by atoms with E-state index in [4.69, 9.17) is 0 Å². The van der Waals surface area contributed by atoms with Crippen LogP contribution in [0.25, 0.3) is 5.70 Å². The van der Waals surface area contributed by atoms with Crippen LogP contribution in [0, 0.1) is 0 Å². The van der Waals surface area contributed by atoms with Crippen molar-refractivity contribution < 1.29 is 4.79 Å². The summed E-state index contributed by atoms with van der Waals surface area (Å²) in [6.07, 6.45) is 7.22. The first-order chi connectivity index (χ1) is 7.75. The minimum atomic E-state index is 0.0252. The van der Waals surface area contributed by atoms with Gasteiger partial charge in [0.2, 0.25) is 5.91 Å². The summed E-state index contributed by atoms with van der Waals surface area (Å²) in [6, 6.07) is 0. The number of rotatable bonds is 1. The van der Waals surface area contributed by atoms with Crippen LogP contribution in [-0.2, 0) is 4.79 Å². The summed E-state index contributed by atoms with van der Waals surface area (Å²) in [5, 5.41) is 7.24. The maximum Gasteiger partial charge on any atom is 0.231 e. The molecule has 3 rings (SSSR count). The van der Waals surface area contributed by atoms with Crippen LogP contribution in [0.5, 0.6) is 0 Å². The molecule has 0 saturated heterocycles. The molecule has 4 heteroatoms. The average Bonchev–Trinajstić information content (AvgIpc) is 2.83. The molecule has 1 aliphatic carbocycles. The minimum Gasteiger partial charge on any atom is -0.310 e. The number of anilines is 1. The lowest BCUT2D eigenvalue weighted by Gasteiger charge is -2.19. The molecule has 2 heterocycles. The van der Waals surface area contributed by atoms with Crippen molar-refractivity contribution in [1.29, 1.82) is 0 Å². The molecule has 0 bridgehead atoms. The molecule has 84 valence electrons. The maximum atomic E-state index is 11.5. The van der Waals surface area contributed by atoms with Crippen molar-refractivity contribution in [2.24, 2.45) is 0 Å². The third kappa shape index (κ3) is 1.37. The molecular weight excluding hydrogens is 202 g/mol. The van der Waals surface area contributed by atoms with Crippen molar-refractivity contribution in [3.8, 4) is 0 Å². The van der Waals surface area contributed by atoms with Gasteiger partial charge in [0.15, 0.2) is 0 Å². The molecule has 0 spiro atoms. The van der Waals surface area contributed by atoms with Gasteiger partial charge in [0.1, 0.15) is 5.82 Å². The molecule has 1 amide bonds. The standard InChI is InChI=1S/C12H15N3O/c1-8-6-11(16)14-12-10(7-13-15(8)12)9-4-2-3-5-9/h7,9H,1-6H2,(H,14,16). The Morgan fingerprint density at radius 3 is 2.94 bits per heavy atom. The zero-order valence-corrected chi connectivity index (χ0v) is 9.20. The monoisotopic (exact) mass is 217 g/mol. The van der Waals surface area contributed by atoms with Crippen LogP contribution in [0.15, 0.2) is 12.8 Å². The summed E-state index contributed by atoms with van der Waals surface area (Å²) in [4.78, 5) is 11.5. The summed E-state index contributed by atoms with van der Waals surface area (Å²) in [5.41, 5.74) is 1.95. The van der Waals surface area contributed by atoms with Gasteiger partial charge in [-0.05, 0) is 18.8 Å². The number of carbonyl (C=O) groups is 1. The van der Waals surface area contributed by atoms with Gasteiger partial charge >= 0.3 is 0 Å². The van der Waals surface area contributed by atoms with Crippen LogP contribution in [0.3, 0.4) is 0 Å². The Morgan fingerprint density at radius 1 is 1.44 bits per heavy atom. The summed E-state index contributed by atoms with van der Waals surface area (Å²) in [6.45, 7) is 3.89. The smallest absolute Gasteiger partial charge is 0.231 e. The molecule has 1 aliphatic heterocycles. The number of fused-ring (bicyclic) bond motifs is 1. The summed E-state index contributed by atoms with van der Waals surface area (Å²) in [7, 11) is 0. The zero-order valence-electron chi connectivity index (χ0n) is 9.20. The van der Waals surface area contributed by atoms with Gasteiger partial charge in [-0.15, -0.1) is 0 Å². The van der Waals surface area contributed by atoms with Crippen molar-refractivity contribution in [2.45, 2.75) is 38.0 Å². The molecule has 0 unspecified atom stereocenters. The van der Waals surface area contributed by atoms with E-state index in [-0.39, 0.29) is 5.91 Å². The van der Waals surface area contributed by atoms with Gasteiger partial charge in [-0.2, -0.15) is 5.10 Å². The van der Waals surface area contributed by atoms with Crippen LogP contribution in [0.4, 0.5) is 5.82 Å². The Bertz CT molecular complexity index is 455. The van der Waals surface area contributed by atoms with Crippen LogP contribution in [0.1, 0.15) is 43.6 Å². The molecule has 2 aliphatic rings. The predicted molar refractivity (Wildman–Crippen MR) is 62.0 cm³/mol. The van der Waals surface area contributed by atoms with Gasteiger partial charge in [0.05, 0.1) is 12.6 Å². The summed E-state index contributed by atoms with van der Waals surface area (Å²) >= 11 is 0. The third-order valence-corrected chi connectivity index (χ3v) is 3.51. The van der Waals surface area contributed by atoms with E-state index in [2.05, 4.69) is 17.0 Å². The van der Waals surface area contributed by atoms with Crippen molar-refractivity contribution >= 4 is 17.4 Å². The topological polar surface area (TPSA) is 46.9 Å². The lowest BCUT2D eigenvalue weighted by atomic mass is 10.00. The highest BCUT2D eigenvalue weighted by Crippen LogP contribution is 2.39. The highest BCUT2D eigenvalue weighted by Gasteiger charge is 2.27. The van der Waals surface area contributed by atoms with Gasteiger partial charge in [-0.3, -0.25) is 4.79 Å². The number of hydrogen-bond donors (Lipinski definition) is 1. The highest BCUT2D eigenvalue weighted by molar-refractivity contribution is 5.98. The molecule has 4 nitrogen and oxygen atoms in total. The van der Waals surface area contributed by atoms with Crippen molar-refractivity contribution in [3.63, 3.8) is 0 Å². The molecule has 0 radical (unpaired) electrons. The van der Waals surface area contributed by atoms with Crippen LogP contribution < -0.4 is 5.32 Å². The third-order valence-electron chi connectivity index (χ3n) is 3.51. The lowest BCUT2D eigenvalue weighted by molar-refractivity contribution is -0.115. The largest absolute Gasteiger partial charge is 0.310 e. The average molecular weight is 217 g/mol. The second-order valence-corrected chi connectivity index (χ2v) is 4.63. The van der Waals surface area contributed by atoms with E-state index in [0.717, 1.165) is 11.5 Å². The van der Waals surface area contributed by atoms with E-state index in [1.54, 1.807) is 4.68 Å². The predicted octanol–water partition coefficient (Wildman–Crippen LogP) is 2.35. The Hall–Kier alpha value is -1.58. The number of carbonyl (C=O) groups excluding carboxylic acids is 1. The SMILES string of the molecule is C=C1CC(=O)Nc2c(C3CCCC3)cnn21. The highest BCUT2D eigenvalue weighted by atomic mass is 16.1. The molecule has 0 aromatic carbocycles. The van der Waals surface area contributed by atoms with Crippen LogP contribution >= 0.6 is 0 Å². The molecule has 1 fully saturated rings. The van der Waals surface area contributed by atoms with Gasteiger partial charge in [0.25, 0.3) is 0 Å². The number of aromatic nitrogens is 2. The van der Waals surface area contributed by atoms with Gasteiger partial charge in [-0.25, -0.2) is 4.68 Å². The molecule has 1 aromatic heterocycles. The Kier molecular flexibility index (Phi) is 2.09. The normalized spacial score (nSPS) is 21.0. The lowest BCUT2D eigenvalue weighted by Crippen LogP contribution is -2.23. The number of hydrogen-bond acceptors (Lipinski definition) is 2. The van der Waals surface area contributed by atoms with E-state index < -0.39 is 0 Å². The van der Waals surface area contributed by atoms with Crippen molar-refractivity contribution in [1.82, 2.24) is 9.78 Å². The van der Waals surface area contributed by atoms with Gasteiger partial charge in [-0.1, -0.05) is 19.4 Å². The van der Waals surface area contributed by atoms with Gasteiger partial charge in [0, 0.05) is 11.3 Å². The van der Waals surface area contributed by atoms with E-state index in [1.165, 1.54) is 31.2 Å². The first kappa shape index (κ1) is 9.63. The molecule has 1 N–H and O–H groups in total. The van der Waals surface area contributed by atoms with Crippen molar-refractivity contribution in [3.05, 3.63) is 18.3 Å². The summed E-state index contributed by atoms with van der Waals surface area (Å²) in [5.74, 6) is 1.44. The fourth-order valence-electron chi connectivity index (χ4n) is 2.70. The second kappa shape index (κ2) is 3.47. The van der Waals surface area contributed by atoms with Crippen LogP contribution in [0.2, 0.25) is 0 Å². The number of nitrogens with zero attached hydrogens (tertiary/aromatic N) is 2. The van der Waals surface area contributed by atoms with E-state index in [1.807, 2.05) is 6.20 Å². The fraction of sp³-hybridized carbons (Fsp3) is 0.500. The van der Waals surface area contributed by atoms with Crippen LogP contribution in [-0.4, -0.2) is 15.7 Å². The Balaban J connectivity index is 2.02. The molecule has 1 aromatic rings. The zero-order chi connectivity index (χ0) is 11.1. The van der Waals surface area contributed by atoms with Gasteiger partial charge < -0.3 is 5.32 Å². The number of amides is 1. The molecular formula is C12H15N3O. The molecule has 16 heavy (non-hydrogen) atoms. The summed E-state index contributed by atoms with van der Waals surface area (Å²) < 4.78 is 1.77. The molecule has 1 saturated carbocycles. The molecule has 0 atom stereocenters.